The zero-order valence-corrected chi connectivity index (χ0v) is 20.0. The highest BCUT2D eigenvalue weighted by atomic mass is 35.5. The number of carbonyl (C=O) groups is 3. The molecule has 0 aromatic heterocycles. The maximum Gasteiger partial charge on any atom is 0.329 e. The maximum atomic E-state index is 12.6. The lowest BCUT2D eigenvalue weighted by molar-refractivity contribution is -0.384. The fraction of sp³-hybridized carbons (Fsp3) is 0.375. The number of nitrogens with one attached hydrogen (secondary N) is 2. The lowest BCUT2D eigenvalue weighted by Crippen LogP contribution is -2.46. The van der Waals surface area contributed by atoms with Crippen molar-refractivity contribution in [1.82, 2.24) is 10.6 Å². The van der Waals surface area contributed by atoms with Gasteiger partial charge in [-0.05, 0) is 24.0 Å². The van der Waals surface area contributed by atoms with Gasteiger partial charge in [0.25, 0.3) is 17.5 Å². The first-order valence-electron chi connectivity index (χ1n) is 10.9. The molecule has 0 radical (unpaired) electrons. The molecule has 0 heterocycles. The number of nitro groups is 1. The van der Waals surface area contributed by atoms with Gasteiger partial charge in [0.1, 0.15) is 6.04 Å². The minimum atomic E-state index is -1.05. The minimum absolute atomic E-state index is 0.0197. The quantitative estimate of drug-likeness (QED) is 0.276. The second-order valence-corrected chi connectivity index (χ2v) is 8.45. The van der Waals surface area contributed by atoms with Gasteiger partial charge < -0.3 is 15.4 Å². The zero-order chi connectivity index (χ0) is 25.3. The van der Waals surface area contributed by atoms with Gasteiger partial charge in [-0.25, -0.2) is 4.79 Å². The Bertz CT molecular complexity index is 1030. The Hall–Kier alpha value is -3.46. The number of hydrogen-bond acceptors (Lipinski definition) is 6. The van der Waals surface area contributed by atoms with Gasteiger partial charge in [-0.15, -0.1) is 0 Å². The SMILES string of the molecule is CCCC(NC(=O)COC(=O)[C@@H](NC(=O)c1ccc([N+](=O)[O-])cc1Cl)C(C)C)c1ccccc1. The van der Waals surface area contributed by atoms with Crippen molar-refractivity contribution in [2.75, 3.05) is 6.61 Å². The topological polar surface area (TPSA) is 128 Å². The van der Waals surface area contributed by atoms with E-state index in [9.17, 15) is 24.5 Å². The summed E-state index contributed by atoms with van der Waals surface area (Å²) in [5.74, 6) is -2.27. The third-order valence-electron chi connectivity index (χ3n) is 5.08. The van der Waals surface area contributed by atoms with Crippen LogP contribution in [0.15, 0.2) is 48.5 Å². The molecule has 0 fully saturated rings. The van der Waals surface area contributed by atoms with Crippen molar-refractivity contribution in [2.24, 2.45) is 5.92 Å². The Balaban J connectivity index is 1.99. The predicted molar refractivity (Wildman–Crippen MR) is 127 cm³/mol. The van der Waals surface area contributed by atoms with Gasteiger partial charge in [-0.1, -0.05) is 69.1 Å². The molecule has 0 aliphatic rings. The third kappa shape index (κ3) is 7.55. The summed E-state index contributed by atoms with van der Waals surface area (Å²) in [5, 5.41) is 16.1. The van der Waals surface area contributed by atoms with Crippen LogP contribution < -0.4 is 10.6 Å². The van der Waals surface area contributed by atoms with Crippen LogP contribution in [0.2, 0.25) is 5.02 Å². The van der Waals surface area contributed by atoms with E-state index < -0.39 is 35.4 Å². The van der Waals surface area contributed by atoms with Crippen LogP contribution in [0.1, 0.15) is 55.6 Å². The average Bonchev–Trinajstić information content (AvgIpc) is 2.80. The van der Waals surface area contributed by atoms with Crippen LogP contribution in [-0.4, -0.2) is 35.4 Å². The summed E-state index contributed by atoms with van der Waals surface area (Å²) in [5.41, 5.74) is 0.675. The van der Waals surface area contributed by atoms with E-state index in [4.69, 9.17) is 16.3 Å². The average molecular weight is 490 g/mol. The summed E-state index contributed by atoms with van der Waals surface area (Å²) in [6.07, 6.45) is 1.58. The number of rotatable bonds is 11. The molecule has 182 valence electrons. The lowest BCUT2D eigenvalue weighted by Gasteiger charge is -2.22. The first-order valence-corrected chi connectivity index (χ1v) is 11.3. The number of halogens is 1. The van der Waals surface area contributed by atoms with E-state index >= 15 is 0 Å². The Kier molecular flexibility index (Phi) is 10.0. The summed E-state index contributed by atoms with van der Waals surface area (Å²) in [4.78, 5) is 47.9. The van der Waals surface area contributed by atoms with Crippen LogP contribution in [0.5, 0.6) is 0 Å². The fourth-order valence-electron chi connectivity index (χ4n) is 3.28. The molecule has 0 saturated carbocycles. The van der Waals surface area contributed by atoms with Gasteiger partial charge in [0.2, 0.25) is 0 Å². The van der Waals surface area contributed by atoms with Gasteiger partial charge >= 0.3 is 5.97 Å². The van der Waals surface area contributed by atoms with Crippen LogP contribution in [0.4, 0.5) is 5.69 Å². The van der Waals surface area contributed by atoms with E-state index in [2.05, 4.69) is 10.6 Å². The largest absolute Gasteiger partial charge is 0.454 e. The molecule has 2 N–H and O–H groups in total. The lowest BCUT2D eigenvalue weighted by atomic mass is 10.0. The molecule has 9 nitrogen and oxygen atoms in total. The Morgan fingerprint density at radius 2 is 1.76 bits per heavy atom. The molecule has 2 atom stereocenters. The number of nitro benzene ring substituents is 1. The molecule has 2 rings (SSSR count). The Morgan fingerprint density at radius 1 is 1.09 bits per heavy atom. The molecule has 10 heteroatoms. The number of benzene rings is 2. The monoisotopic (exact) mass is 489 g/mol. The number of carbonyl (C=O) groups excluding carboxylic acids is 3. The predicted octanol–water partition coefficient (Wildman–Crippen LogP) is 4.20. The van der Waals surface area contributed by atoms with Gasteiger partial charge in [0.05, 0.1) is 21.6 Å². The molecular formula is C24H28ClN3O6. The van der Waals surface area contributed by atoms with E-state index in [1.54, 1.807) is 13.8 Å². The minimum Gasteiger partial charge on any atom is -0.454 e. The third-order valence-corrected chi connectivity index (χ3v) is 5.39. The highest BCUT2D eigenvalue weighted by molar-refractivity contribution is 6.34. The molecule has 0 aliphatic carbocycles. The zero-order valence-electron chi connectivity index (χ0n) is 19.2. The van der Waals surface area contributed by atoms with Crippen LogP contribution >= 0.6 is 11.6 Å². The second-order valence-electron chi connectivity index (χ2n) is 8.04. The summed E-state index contributed by atoms with van der Waals surface area (Å²) in [6.45, 7) is 4.92. The smallest absolute Gasteiger partial charge is 0.329 e. The number of ether oxygens (including phenoxy) is 1. The number of nitrogens with zero attached hydrogens (tertiary/aromatic N) is 1. The summed E-state index contributed by atoms with van der Waals surface area (Å²) in [6, 6.07) is 11.7. The van der Waals surface area contributed by atoms with E-state index in [0.29, 0.717) is 0 Å². The van der Waals surface area contributed by atoms with Crippen molar-refractivity contribution in [3.8, 4) is 0 Å². The molecule has 2 aromatic carbocycles. The number of amides is 2. The van der Waals surface area contributed by atoms with Crippen molar-refractivity contribution < 1.29 is 24.0 Å². The van der Waals surface area contributed by atoms with Crippen LogP contribution in [0.25, 0.3) is 0 Å². The van der Waals surface area contributed by atoms with Crippen molar-refractivity contribution >= 4 is 35.1 Å². The molecule has 1 unspecified atom stereocenters. The highest BCUT2D eigenvalue weighted by Crippen LogP contribution is 2.23. The first-order chi connectivity index (χ1) is 16.1. The van der Waals surface area contributed by atoms with Crippen LogP contribution in [-0.2, 0) is 14.3 Å². The van der Waals surface area contributed by atoms with Crippen molar-refractivity contribution in [3.05, 3.63) is 74.8 Å². The maximum absolute atomic E-state index is 12.6. The number of esters is 1. The molecule has 2 amide bonds. The van der Waals surface area contributed by atoms with E-state index in [-0.39, 0.29) is 28.2 Å². The van der Waals surface area contributed by atoms with Gasteiger partial charge in [0, 0.05) is 12.1 Å². The number of non-ortho nitro benzene ring substituents is 1. The number of hydrogen-bond donors (Lipinski definition) is 2. The van der Waals surface area contributed by atoms with E-state index in [1.807, 2.05) is 37.3 Å². The fourth-order valence-corrected chi connectivity index (χ4v) is 3.54. The molecule has 0 bridgehead atoms. The van der Waals surface area contributed by atoms with Crippen LogP contribution in [0, 0.1) is 16.0 Å². The van der Waals surface area contributed by atoms with Gasteiger partial charge in [-0.2, -0.15) is 0 Å². The molecule has 0 saturated heterocycles. The highest BCUT2D eigenvalue weighted by Gasteiger charge is 2.28. The summed E-state index contributed by atoms with van der Waals surface area (Å²) in [7, 11) is 0. The van der Waals surface area contributed by atoms with Gasteiger partial charge in [0.15, 0.2) is 6.61 Å². The second kappa shape index (κ2) is 12.7. The van der Waals surface area contributed by atoms with E-state index in [0.717, 1.165) is 30.5 Å². The first kappa shape index (κ1) is 26.8. The van der Waals surface area contributed by atoms with Crippen molar-refractivity contribution in [2.45, 2.75) is 45.7 Å². The summed E-state index contributed by atoms with van der Waals surface area (Å²) < 4.78 is 5.17. The standard InChI is InChI=1S/C24H28ClN3O6/c1-4-8-20(16-9-6-5-7-10-16)26-21(29)14-34-24(31)22(15(2)3)27-23(30)18-12-11-17(28(32)33)13-19(18)25/h5-7,9-13,15,20,22H,4,8,14H2,1-3H3,(H,26,29)(H,27,30)/t20?,22-/m0/s1. The van der Waals surface area contributed by atoms with Gasteiger partial charge in [-0.3, -0.25) is 19.7 Å². The molecule has 2 aromatic rings. The van der Waals surface area contributed by atoms with E-state index in [1.165, 1.54) is 6.07 Å². The Labute approximate surface area is 203 Å². The summed E-state index contributed by atoms with van der Waals surface area (Å²) >= 11 is 6.00. The normalized spacial score (nSPS) is 12.5. The molecular weight excluding hydrogens is 462 g/mol. The molecule has 0 spiro atoms. The van der Waals surface area contributed by atoms with Crippen molar-refractivity contribution in [3.63, 3.8) is 0 Å². The molecule has 0 aliphatic heterocycles. The van der Waals surface area contributed by atoms with Crippen molar-refractivity contribution in [1.29, 1.82) is 0 Å². The van der Waals surface area contributed by atoms with Crippen LogP contribution in [0.3, 0.4) is 0 Å². The molecule has 34 heavy (non-hydrogen) atoms. The Morgan fingerprint density at radius 3 is 2.32 bits per heavy atom.